The second kappa shape index (κ2) is 6.87. The van der Waals surface area contributed by atoms with Crippen molar-refractivity contribution in [2.75, 3.05) is 0 Å². The average Bonchev–Trinajstić information content (AvgIpc) is 2.41. The van der Waals surface area contributed by atoms with Crippen molar-refractivity contribution in [2.45, 2.75) is 0 Å². The molecule has 2 N–H and O–H groups in total. The summed E-state index contributed by atoms with van der Waals surface area (Å²) in [4.78, 5) is 10.4. The predicted molar refractivity (Wildman–Crippen MR) is 66.0 cm³/mol. The molecular formula is C14H10F2N2O. The summed E-state index contributed by atoms with van der Waals surface area (Å²) < 4.78 is 24.3. The van der Waals surface area contributed by atoms with Crippen LogP contribution in [-0.4, -0.2) is 5.91 Å². The summed E-state index contributed by atoms with van der Waals surface area (Å²) >= 11 is 0. The minimum absolute atomic E-state index is 0.311. The molecule has 0 aliphatic carbocycles. The number of nitriles is 1. The molecule has 0 fully saturated rings. The Bertz CT molecular complexity index is 586. The van der Waals surface area contributed by atoms with Gasteiger partial charge in [0, 0.05) is 5.56 Å². The maximum absolute atomic E-state index is 12.2. The van der Waals surface area contributed by atoms with Crippen LogP contribution in [0.2, 0.25) is 0 Å². The van der Waals surface area contributed by atoms with Crippen molar-refractivity contribution in [2.24, 2.45) is 5.73 Å². The number of amides is 1. The first-order valence-corrected chi connectivity index (χ1v) is 5.24. The Kier molecular flexibility index (Phi) is 5.17. The van der Waals surface area contributed by atoms with Crippen molar-refractivity contribution >= 4 is 5.91 Å². The maximum atomic E-state index is 12.2. The normalized spacial score (nSPS) is 8.89. The number of halogens is 2. The van der Waals surface area contributed by atoms with E-state index < -0.39 is 5.91 Å². The molecule has 0 saturated carbocycles. The zero-order valence-electron chi connectivity index (χ0n) is 9.81. The molecule has 96 valence electrons. The predicted octanol–water partition coefficient (Wildman–Crippen LogP) is 2.62. The molecule has 5 heteroatoms. The maximum Gasteiger partial charge on any atom is 0.248 e. The van der Waals surface area contributed by atoms with E-state index in [-0.39, 0.29) is 11.6 Å². The Hall–Kier alpha value is -2.74. The molecular weight excluding hydrogens is 250 g/mol. The fourth-order valence-corrected chi connectivity index (χ4v) is 1.14. The van der Waals surface area contributed by atoms with Gasteiger partial charge in [0.15, 0.2) is 0 Å². The lowest BCUT2D eigenvalue weighted by atomic mass is 10.2. The van der Waals surface area contributed by atoms with Crippen LogP contribution in [-0.2, 0) is 0 Å². The molecule has 2 aromatic carbocycles. The van der Waals surface area contributed by atoms with Gasteiger partial charge in [-0.2, -0.15) is 5.26 Å². The number of hydrogen-bond acceptors (Lipinski definition) is 2. The Morgan fingerprint density at radius 3 is 1.74 bits per heavy atom. The molecule has 2 rings (SSSR count). The number of carbonyl (C=O) groups is 1. The molecule has 1 amide bonds. The van der Waals surface area contributed by atoms with Crippen LogP contribution in [0.3, 0.4) is 0 Å². The van der Waals surface area contributed by atoms with Gasteiger partial charge in [-0.3, -0.25) is 4.79 Å². The Labute approximate surface area is 108 Å². The SMILES string of the molecule is N#Cc1ccc(F)cc1.NC(=O)c1ccc(F)cc1. The second-order valence-corrected chi connectivity index (χ2v) is 3.49. The van der Waals surface area contributed by atoms with Gasteiger partial charge in [0.25, 0.3) is 0 Å². The first-order valence-electron chi connectivity index (χ1n) is 5.24. The largest absolute Gasteiger partial charge is 0.366 e. The molecule has 0 aromatic heterocycles. The highest BCUT2D eigenvalue weighted by atomic mass is 19.1. The van der Waals surface area contributed by atoms with E-state index in [1.165, 1.54) is 48.5 Å². The van der Waals surface area contributed by atoms with Crippen LogP contribution in [0.1, 0.15) is 15.9 Å². The van der Waals surface area contributed by atoms with Gasteiger partial charge < -0.3 is 5.73 Å². The topological polar surface area (TPSA) is 66.9 Å². The minimum Gasteiger partial charge on any atom is -0.366 e. The molecule has 2 aromatic rings. The third kappa shape index (κ3) is 4.96. The van der Waals surface area contributed by atoms with Gasteiger partial charge >= 0.3 is 0 Å². The highest BCUT2D eigenvalue weighted by molar-refractivity contribution is 5.92. The molecule has 0 heterocycles. The summed E-state index contributed by atoms with van der Waals surface area (Å²) in [5, 5.41) is 8.26. The van der Waals surface area contributed by atoms with Crippen LogP contribution in [0.4, 0.5) is 8.78 Å². The standard InChI is InChI=1S/C7H6FNO.C7H4FN/c8-6-3-1-5(2-4-6)7(9)10;8-7-3-1-6(5-9)2-4-7/h1-4H,(H2,9,10);1-4H. The third-order valence-corrected chi connectivity index (χ3v) is 2.10. The zero-order chi connectivity index (χ0) is 14.3. The second-order valence-electron chi connectivity index (χ2n) is 3.49. The number of carbonyl (C=O) groups excluding carboxylic acids is 1. The summed E-state index contributed by atoms with van der Waals surface area (Å²) in [6.45, 7) is 0. The first kappa shape index (κ1) is 14.3. The molecule has 0 spiro atoms. The fourth-order valence-electron chi connectivity index (χ4n) is 1.14. The molecule has 19 heavy (non-hydrogen) atoms. The van der Waals surface area contributed by atoms with Crippen LogP contribution >= 0.6 is 0 Å². The van der Waals surface area contributed by atoms with Crippen molar-refractivity contribution in [3.8, 4) is 6.07 Å². The molecule has 0 bridgehead atoms. The molecule has 0 atom stereocenters. The highest BCUT2D eigenvalue weighted by Crippen LogP contribution is 2.00. The number of rotatable bonds is 1. The number of benzene rings is 2. The van der Waals surface area contributed by atoms with Gasteiger partial charge in [0.1, 0.15) is 11.6 Å². The van der Waals surface area contributed by atoms with Crippen molar-refractivity contribution in [3.05, 3.63) is 71.3 Å². The van der Waals surface area contributed by atoms with Crippen LogP contribution in [0.25, 0.3) is 0 Å². The lowest BCUT2D eigenvalue weighted by Crippen LogP contribution is -2.10. The number of nitrogens with two attached hydrogens (primary N) is 1. The summed E-state index contributed by atoms with van der Waals surface area (Å²) in [6, 6.07) is 12.4. The smallest absolute Gasteiger partial charge is 0.248 e. The quantitative estimate of drug-likeness (QED) is 0.856. The number of hydrogen-bond donors (Lipinski definition) is 1. The average molecular weight is 260 g/mol. The number of primary amides is 1. The summed E-state index contributed by atoms with van der Waals surface area (Å²) in [7, 11) is 0. The van der Waals surface area contributed by atoms with Gasteiger partial charge in [-0.1, -0.05) is 0 Å². The lowest BCUT2D eigenvalue weighted by molar-refractivity contribution is 0.100. The molecule has 0 unspecified atom stereocenters. The molecule has 3 nitrogen and oxygen atoms in total. The minimum atomic E-state index is -0.542. The number of nitrogens with zero attached hydrogens (tertiary/aromatic N) is 1. The van der Waals surface area contributed by atoms with E-state index in [0.29, 0.717) is 11.1 Å². The van der Waals surface area contributed by atoms with E-state index in [2.05, 4.69) is 0 Å². The van der Waals surface area contributed by atoms with Crippen LogP contribution < -0.4 is 5.73 Å². The molecule has 0 saturated heterocycles. The first-order chi connectivity index (χ1) is 9.02. The van der Waals surface area contributed by atoms with E-state index in [1.807, 2.05) is 6.07 Å². The van der Waals surface area contributed by atoms with Crippen molar-refractivity contribution < 1.29 is 13.6 Å². The molecule has 0 aliphatic heterocycles. The zero-order valence-corrected chi connectivity index (χ0v) is 9.81. The van der Waals surface area contributed by atoms with Crippen LogP contribution in [0.15, 0.2) is 48.5 Å². The van der Waals surface area contributed by atoms with E-state index >= 15 is 0 Å². The van der Waals surface area contributed by atoms with Crippen LogP contribution in [0, 0.1) is 23.0 Å². The van der Waals surface area contributed by atoms with E-state index in [1.54, 1.807) is 0 Å². The van der Waals surface area contributed by atoms with E-state index in [4.69, 9.17) is 11.0 Å². The van der Waals surface area contributed by atoms with Crippen molar-refractivity contribution in [1.29, 1.82) is 5.26 Å². The third-order valence-electron chi connectivity index (χ3n) is 2.10. The molecule has 0 radical (unpaired) electrons. The van der Waals surface area contributed by atoms with Gasteiger partial charge in [-0.05, 0) is 48.5 Å². The van der Waals surface area contributed by atoms with Crippen molar-refractivity contribution in [1.82, 2.24) is 0 Å². The van der Waals surface area contributed by atoms with Gasteiger partial charge in [0.2, 0.25) is 5.91 Å². The van der Waals surface area contributed by atoms with Gasteiger partial charge in [-0.15, -0.1) is 0 Å². The lowest BCUT2D eigenvalue weighted by Gasteiger charge is -1.91. The Balaban J connectivity index is 0.000000191. The van der Waals surface area contributed by atoms with Gasteiger partial charge in [0.05, 0.1) is 11.6 Å². The van der Waals surface area contributed by atoms with Crippen molar-refractivity contribution in [3.63, 3.8) is 0 Å². The Morgan fingerprint density at radius 2 is 1.37 bits per heavy atom. The fraction of sp³-hybridized carbons (Fsp3) is 0. The monoisotopic (exact) mass is 260 g/mol. The summed E-state index contributed by atoms with van der Waals surface area (Å²) in [5.74, 6) is -1.22. The highest BCUT2D eigenvalue weighted by Gasteiger charge is 1.97. The van der Waals surface area contributed by atoms with E-state index in [9.17, 15) is 13.6 Å². The van der Waals surface area contributed by atoms with Crippen LogP contribution in [0.5, 0.6) is 0 Å². The van der Waals surface area contributed by atoms with Gasteiger partial charge in [-0.25, -0.2) is 8.78 Å². The summed E-state index contributed by atoms with van der Waals surface area (Å²) in [5.41, 5.74) is 5.71. The Morgan fingerprint density at radius 1 is 0.947 bits per heavy atom. The van der Waals surface area contributed by atoms with E-state index in [0.717, 1.165) is 0 Å². The summed E-state index contributed by atoms with van der Waals surface area (Å²) in [6.07, 6.45) is 0. The molecule has 0 aliphatic rings.